The smallest absolute Gasteiger partial charge is 0.0850 e. The highest BCUT2D eigenvalue weighted by molar-refractivity contribution is 9.10. The van der Waals surface area contributed by atoms with Crippen LogP contribution in [0.1, 0.15) is 29.9 Å². The number of hydrogen-bond acceptors (Lipinski definition) is 2. The van der Waals surface area contributed by atoms with Crippen molar-refractivity contribution in [1.82, 2.24) is 15.1 Å². The fraction of sp³-hybridized carbons (Fsp3) is 0.400. The van der Waals surface area contributed by atoms with E-state index in [4.69, 9.17) is 23.2 Å². The molecule has 21 heavy (non-hydrogen) atoms. The molecule has 1 atom stereocenters. The Morgan fingerprint density at radius 1 is 1.38 bits per heavy atom. The Kier molecular flexibility index (Phi) is 5.72. The molecule has 3 nitrogen and oxygen atoms in total. The number of nitrogens with zero attached hydrogens (tertiary/aromatic N) is 2. The van der Waals surface area contributed by atoms with Crippen molar-refractivity contribution in [2.75, 3.05) is 7.05 Å². The molecule has 0 radical (unpaired) electrons. The zero-order chi connectivity index (χ0) is 15.6. The minimum absolute atomic E-state index is 0.133. The number of aromatic nitrogens is 2. The number of hydrogen-bond donors (Lipinski definition) is 1. The van der Waals surface area contributed by atoms with Crippen molar-refractivity contribution in [1.29, 1.82) is 0 Å². The van der Waals surface area contributed by atoms with Crippen LogP contribution in [0.25, 0.3) is 0 Å². The van der Waals surface area contributed by atoms with Gasteiger partial charge in [-0.3, -0.25) is 4.68 Å². The molecule has 1 aromatic heterocycles. The van der Waals surface area contributed by atoms with Crippen LogP contribution >= 0.6 is 39.1 Å². The largest absolute Gasteiger partial charge is 0.313 e. The van der Waals surface area contributed by atoms with Crippen LogP contribution in [0.5, 0.6) is 0 Å². The van der Waals surface area contributed by atoms with Crippen molar-refractivity contribution in [2.45, 2.75) is 25.8 Å². The first-order chi connectivity index (χ1) is 9.97. The van der Waals surface area contributed by atoms with Crippen LogP contribution in [0, 0.1) is 0 Å². The van der Waals surface area contributed by atoms with Gasteiger partial charge >= 0.3 is 0 Å². The number of rotatable bonds is 5. The van der Waals surface area contributed by atoms with Crippen molar-refractivity contribution >= 4 is 39.1 Å². The van der Waals surface area contributed by atoms with Crippen molar-refractivity contribution in [3.8, 4) is 0 Å². The van der Waals surface area contributed by atoms with E-state index < -0.39 is 0 Å². The lowest BCUT2D eigenvalue weighted by atomic mass is 10.0. The molecule has 0 aliphatic carbocycles. The second-order valence-corrected chi connectivity index (χ2v) is 6.54. The molecule has 1 unspecified atom stereocenters. The molecule has 0 spiro atoms. The molecule has 0 bridgehead atoms. The number of halogens is 3. The molecule has 2 rings (SSSR count). The van der Waals surface area contributed by atoms with E-state index in [0.717, 1.165) is 39.3 Å². The molecule has 1 heterocycles. The third-order valence-electron chi connectivity index (χ3n) is 3.59. The quantitative estimate of drug-likeness (QED) is 0.811. The molecular formula is C15H18BrCl2N3. The minimum Gasteiger partial charge on any atom is -0.313 e. The van der Waals surface area contributed by atoms with E-state index in [0.29, 0.717) is 5.02 Å². The van der Waals surface area contributed by atoms with Gasteiger partial charge in [-0.1, -0.05) is 36.2 Å². The lowest BCUT2D eigenvalue weighted by Crippen LogP contribution is -2.20. The van der Waals surface area contributed by atoms with Crippen molar-refractivity contribution in [2.24, 2.45) is 7.05 Å². The van der Waals surface area contributed by atoms with Gasteiger partial charge in [-0.15, -0.1) is 0 Å². The number of benzene rings is 1. The predicted molar refractivity (Wildman–Crippen MR) is 92.3 cm³/mol. The van der Waals surface area contributed by atoms with Crippen LogP contribution in [-0.4, -0.2) is 16.8 Å². The predicted octanol–water partition coefficient (Wildman–Crippen LogP) is 4.56. The van der Waals surface area contributed by atoms with E-state index in [1.54, 1.807) is 0 Å². The summed E-state index contributed by atoms with van der Waals surface area (Å²) >= 11 is 16.0. The van der Waals surface area contributed by atoms with E-state index in [9.17, 15) is 0 Å². The zero-order valence-corrected chi connectivity index (χ0v) is 15.3. The maximum Gasteiger partial charge on any atom is 0.0850 e. The minimum atomic E-state index is 0.133. The maximum atomic E-state index is 6.43. The van der Waals surface area contributed by atoms with Crippen LogP contribution in [0.15, 0.2) is 22.7 Å². The highest BCUT2D eigenvalue weighted by atomic mass is 79.9. The van der Waals surface area contributed by atoms with Gasteiger partial charge in [0, 0.05) is 24.0 Å². The highest BCUT2D eigenvalue weighted by Gasteiger charge is 2.18. The highest BCUT2D eigenvalue weighted by Crippen LogP contribution is 2.29. The second kappa shape index (κ2) is 7.14. The summed E-state index contributed by atoms with van der Waals surface area (Å²) in [7, 11) is 3.87. The summed E-state index contributed by atoms with van der Waals surface area (Å²) in [5.41, 5.74) is 3.10. The Balaban J connectivity index is 2.31. The molecule has 1 aromatic carbocycles. The first kappa shape index (κ1) is 16.8. The second-order valence-electron chi connectivity index (χ2n) is 4.90. The number of nitrogens with one attached hydrogen (secondary N) is 1. The van der Waals surface area contributed by atoms with Crippen LogP contribution in [0.4, 0.5) is 0 Å². The summed E-state index contributed by atoms with van der Waals surface area (Å²) in [4.78, 5) is 0. The van der Waals surface area contributed by atoms with Crippen LogP contribution in [0.2, 0.25) is 10.0 Å². The molecule has 0 aliphatic rings. The van der Waals surface area contributed by atoms with E-state index in [-0.39, 0.29) is 6.04 Å². The third-order valence-corrected chi connectivity index (χ3v) is 5.26. The van der Waals surface area contributed by atoms with E-state index in [1.807, 2.05) is 30.9 Å². The third kappa shape index (κ3) is 3.62. The van der Waals surface area contributed by atoms with Crippen molar-refractivity contribution in [3.05, 3.63) is 49.7 Å². The normalized spacial score (nSPS) is 12.7. The summed E-state index contributed by atoms with van der Waals surface area (Å²) in [6, 6.07) is 6.12. The Bertz CT molecular complexity index is 640. The van der Waals surface area contributed by atoms with E-state index in [1.165, 1.54) is 0 Å². The van der Waals surface area contributed by atoms with Crippen molar-refractivity contribution in [3.63, 3.8) is 0 Å². The summed E-state index contributed by atoms with van der Waals surface area (Å²) in [5.74, 6) is 0. The fourth-order valence-corrected chi connectivity index (χ4v) is 3.16. The molecule has 0 saturated heterocycles. The van der Waals surface area contributed by atoms with E-state index in [2.05, 4.69) is 39.3 Å². The summed E-state index contributed by atoms with van der Waals surface area (Å²) in [5, 5.41) is 9.26. The van der Waals surface area contributed by atoms with Gasteiger partial charge in [0.25, 0.3) is 0 Å². The lowest BCUT2D eigenvalue weighted by Gasteiger charge is -2.17. The lowest BCUT2D eigenvalue weighted by molar-refractivity contribution is 0.561. The zero-order valence-electron chi connectivity index (χ0n) is 12.3. The maximum absolute atomic E-state index is 6.43. The molecule has 114 valence electrons. The Hall–Kier alpha value is -0.550. The summed E-state index contributed by atoms with van der Waals surface area (Å²) < 4.78 is 2.76. The Labute approximate surface area is 143 Å². The summed E-state index contributed by atoms with van der Waals surface area (Å²) in [6.07, 6.45) is 1.60. The number of likely N-dealkylation sites (N-methyl/N-ethyl adjacent to an activating group) is 1. The molecule has 1 N–H and O–H groups in total. The summed E-state index contributed by atoms with van der Waals surface area (Å²) in [6.45, 7) is 2.06. The molecule has 0 fully saturated rings. The van der Waals surface area contributed by atoms with Gasteiger partial charge in [0.2, 0.25) is 0 Å². The van der Waals surface area contributed by atoms with Gasteiger partial charge in [-0.2, -0.15) is 5.10 Å². The fourth-order valence-electron chi connectivity index (χ4n) is 2.35. The molecule has 6 heteroatoms. The van der Waals surface area contributed by atoms with Gasteiger partial charge in [0.15, 0.2) is 0 Å². The Morgan fingerprint density at radius 2 is 2.10 bits per heavy atom. The molecule has 0 amide bonds. The number of aryl methyl sites for hydroxylation is 2. The van der Waals surface area contributed by atoms with Gasteiger partial charge < -0.3 is 5.32 Å². The monoisotopic (exact) mass is 389 g/mol. The van der Waals surface area contributed by atoms with Crippen LogP contribution < -0.4 is 5.32 Å². The van der Waals surface area contributed by atoms with Gasteiger partial charge in [0.1, 0.15) is 0 Å². The average Bonchev–Trinajstić information content (AvgIpc) is 2.74. The SMILES string of the molecule is CCc1nn(C)c(CC(NC)c2ccc(Br)c(Cl)c2)c1Cl. The standard InChI is InChI=1S/C15H18BrCl2N3/c1-4-12-15(18)14(21(3)20-12)8-13(19-2)9-5-6-10(16)11(17)7-9/h5-7,13,19H,4,8H2,1-3H3. The molecule has 0 aliphatic heterocycles. The van der Waals surface area contributed by atoms with Gasteiger partial charge in [-0.05, 0) is 47.1 Å². The van der Waals surface area contributed by atoms with Crippen LogP contribution in [-0.2, 0) is 19.9 Å². The first-order valence-corrected chi connectivity index (χ1v) is 8.35. The van der Waals surface area contributed by atoms with E-state index >= 15 is 0 Å². The molecular weight excluding hydrogens is 373 g/mol. The average molecular weight is 391 g/mol. The van der Waals surface area contributed by atoms with Gasteiger partial charge in [-0.25, -0.2) is 0 Å². The molecule has 0 saturated carbocycles. The van der Waals surface area contributed by atoms with Crippen LogP contribution in [0.3, 0.4) is 0 Å². The molecule has 2 aromatic rings. The topological polar surface area (TPSA) is 29.9 Å². The Morgan fingerprint density at radius 3 is 2.62 bits per heavy atom. The first-order valence-electron chi connectivity index (χ1n) is 6.80. The van der Waals surface area contributed by atoms with Crippen molar-refractivity contribution < 1.29 is 0 Å². The van der Waals surface area contributed by atoms with Gasteiger partial charge in [0.05, 0.1) is 21.4 Å².